The molecule has 0 amide bonds. The van der Waals surface area contributed by atoms with Crippen LogP contribution in [0.1, 0.15) is 10.6 Å². The molecule has 0 radical (unpaired) electrons. The van der Waals surface area contributed by atoms with Crippen molar-refractivity contribution in [3.63, 3.8) is 0 Å². The maximum Gasteiger partial charge on any atom is 0.375 e. The molecular formula is C11H8N4O3. The second kappa shape index (κ2) is 3.39. The summed E-state index contributed by atoms with van der Waals surface area (Å²) in [6.45, 7) is 0. The van der Waals surface area contributed by atoms with Crippen molar-refractivity contribution in [2.75, 3.05) is 0 Å². The lowest BCUT2D eigenvalue weighted by atomic mass is 10.2. The van der Waals surface area contributed by atoms with Gasteiger partial charge in [0.1, 0.15) is 0 Å². The van der Waals surface area contributed by atoms with Gasteiger partial charge in [-0.15, -0.1) is 5.10 Å². The molecule has 18 heavy (non-hydrogen) atoms. The SMILES string of the molecule is Cn1c(=O)n2nc(C(=O)O)nc2c2ccccc21. The Bertz CT molecular complexity index is 846. The van der Waals surface area contributed by atoms with Gasteiger partial charge in [-0.25, -0.2) is 14.6 Å². The minimum absolute atomic E-state index is 0.256. The normalized spacial score (nSPS) is 11.2. The van der Waals surface area contributed by atoms with Crippen molar-refractivity contribution in [1.29, 1.82) is 0 Å². The number of hydrogen-bond acceptors (Lipinski definition) is 4. The second-order valence-corrected chi connectivity index (χ2v) is 3.83. The van der Waals surface area contributed by atoms with E-state index in [1.54, 1.807) is 31.3 Å². The first kappa shape index (κ1) is 10.5. The maximum atomic E-state index is 12.0. The highest BCUT2D eigenvalue weighted by atomic mass is 16.4. The minimum atomic E-state index is -1.26. The zero-order chi connectivity index (χ0) is 12.9. The predicted octanol–water partition coefficient (Wildman–Crippen LogP) is 0.279. The second-order valence-electron chi connectivity index (χ2n) is 3.83. The Morgan fingerprint density at radius 1 is 1.33 bits per heavy atom. The number of para-hydroxylation sites is 1. The fraction of sp³-hybridized carbons (Fsp3) is 0.0909. The summed E-state index contributed by atoms with van der Waals surface area (Å²) in [5.74, 6) is -1.65. The van der Waals surface area contributed by atoms with Gasteiger partial charge in [0.15, 0.2) is 5.65 Å². The van der Waals surface area contributed by atoms with Crippen molar-refractivity contribution >= 4 is 22.5 Å². The maximum absolute atomic E-state index is 12.0. The summed E-state index contributed by atoms with van der Waals surface area (Å²) in [4.78, 5) is 26.7. The van der Waals surface area contributed by atoms with Crippen molar-refractivity contribution in [2.45, 2.75) is 0 Å². The zero-order valence-corrected chi connectivity index (χ0v) is 9.36. The molecule has 7 nitrogen and oxygen atoms in total. The smallest absolute Gasteiger partial charge is 0.375 e. The summed E-state index contributed by atoms with van der Waals surface area (Å²) in [5, 5.41) is 13.2. The molecule has 3 aromatic rings. The van der Waals surface area contributed by atoms with E-state index in [-0.39, 0.29) is 11.5 Å². The molecule has 7 heteroatoms. The van der Waals surface area contributed by atoms with Crippen molar-refractivity contribution in [3.05, 3.63) is 40.6 Å². The monoisotopic (exact) mass is 244 g/mol. The van der Waals surface area contributed by atoms with Crippen molar-refractivity contribution in [3.8, 4) is 0 Å². The first-order chi connectivity index (χ1) is 8.59. The highest BCUT2D eigenvalue weighted by Gasteiger charge is 2.16. The van der Waals surface area contributed by atoms with E-state index in [0.29, 0.717) is 10.9 Å². The van der Waals surface area contributed by atoms with Gasteiger partial charge in [0.05, 0.1) is 5.52 Å². The molecule has 2 heterocycles. The van der Waals surface area contributed by atoms with Crippen LogP contribution in [0.2, 0.25) is 0 Å². The quantitative estimate of drug-likeness (QED) is 0.664. The summed E-state index contributed by atoms with van der Waals surface area (Å²) >= 11 is 0. The van der Waals surface area contributed by atoms with E-state index in [4.69, 9.17) is 5.11 Å². The molecule has 1 aromatic carbocycles. The molecule has 0 saturated carbocycles. The van der Waals surface area contributed by atoms with Crippen molar-refractivity contribution in [2.24, 2.45) is 7.05 Å². The Hall–Kier alpha value is -2.70. The summed E-state index contributed by atoms with van der Waals surface area (Å²) in [6, 6.07) is 7.13. The molecule has 2 aromatic heterocycles. The van der Waals surface area contributed by atoms with Gasteiger partial charge < -0.3 is 5.11 Å². The number of nitrogens with zero attached hydrogens (tertiary/aromatic N) is 4. The molecule has 0 saturated heterocycles. The van der Waals surface area contributed by atoms with Gasteiger partial charge in [-0.1, -0.05) is 12.1 Å². The first-order valence-electron chi connectivity index (χ1n) is 5.17. The Kier molecular flexibility index (Phi) is 1.97. The number of carboxylic acids is 1. The van der Waals surface area contributed by atoms with Crippen molar-refractivity contribution in [1.82, 2.24) is 19.2 Å². The number of benzene rings is 1. The van der Waals surface area contributed by atoms with Crippen LogP contribution in [0.15, 0.2) is 29.1 Å². The molecule has 3 rings (SSSR count). The first-order valence-corrected chi connectivity index (χ1v) is 5.17. The van der Waals surface area contributed by atoms with Crippen LogP contribution in [0.4, 0.5) is 0 Å². The van der Waals surface area contributed by atoms with Gasteiger partial charge >= 0.3 is 11.7 Å². The highest BCUT2D eigenvalue weighted by Crippen LogP contribution is 2.15. The Labute approximate surface area is 99.9 Å². The molecule has 1 N–H and O–H groups in total. The van der Waals surface area contributed by atoms with Gasteiger partial charge in [0.2, 0.25) is 0 Å². The van der Waals surface area contributed by atoms with E-state index in [9.17, 15) is 9.59 Å². The number of rotatable bonds is 1. The molecule has 90 valence electrons. The predicted molar refractivity (Wildman–Crippen MR) is 62.7 cm³/mol. The van der Waals surface area contributed by atoms with E-state index in [0.717, 1.165) is 4.52 Å². The zero-order valence-electron chi connectivity index (χ0n) is 9.36. The molecule has 0 aliphatic heterocycles. The Morgan fingerprint density at radius 2 is 2.06 bits per heavy atom. The third-order valence-corrected chi connectivity index (χ3v) is 2.77. The Morgan fingerprint density at radius 3 is 2.78 bits per heavy atom. The summed E-state index contributed by atoms with van der Waals surface area (Å²) in [7, 11) is 1.60. The average molecular weight is 244 g/mol. The van der Waals surface area contributed by atoms with E-state index in [1.165, 1.54) is 4.57 Å². The fourth-order valence-corrected chi connectivity index (χ4v) is 1.91. The minimum Gasteiger partial charge on any atom is -0.475 e. The number of aromatic carboxylic acids is 1. The van der Waals surface area contributed by atoms with Crippen LogP contribution < -0.4 is 5.69 Å². The number of carbonyl (C=O) groups is 1. The van der Waals surface area contributed by atoms with Gasteiger partial charge in [0, 0.05) is 12.4 Å². The lowest BCUT2D eigenvalue weighted by molar-refractivity contribution is 0.0684. The van der Waals surface area contributed by atoms with E-state index in [2.05, 4.69) is 10.1 Å². The van der Waals surface area contributed by atoms with Crippen LogP contribution >= 0.6 is 0 Å². The molecule has 0 aliphatic carbocycles. The standard InChI is InChI=1S/C11H8N4O3/c1-14-7-5-3-2-4-6(7)9-12-8(10(16)17)13-15(9)11(14)18/h2-5H,1H3,(H,16,17). The number of hydrogen-bond donors (Lipinski definition) is 1. The summed E-state index contributed by atoms with van der Waals surface area (Å²) in [5.41, 5.74) is 0.508. The van der Waals surface area contributed by atoms with E-state index in [1.807, 2.05) is 0 Å². The third kappa shape index (κ3) is 1.24. The van der Waals surface area contributed by atoms with Crippen LogP contribution in [0.5, 0.6) is 0 Å². The van der Waals surface area contributed by atoms with Gasteiger partial charge in [-0.05, 0) is 12.1 Å². The molecule has 0 fully saturated rings. The molecular weight excluding hydrogens is 236 g/mol. The van der Waals surface area contributed by atoms with Gasteiger partial charge in [-0.2, -0.15) is 4.52 Å². The molecule has 0 unspecified atom stereocenters. The van der Waals surface area contributed by atoms with Crippen molar-refractivity contribution < 1.29 is 9.90 Å². The topological polar surface area (TPSA) is 89.5 Å². The van der Waals surface area contributed by atoms with Crippen LogP contribution in [-0.2, 0) is 7.05 Å². The number of aromatic nitrogens is 4. The lowest BCUT2D eigenvalue weighted by Gasteiger charge is -2.04. The molecule has 0 spiro atoms. The van der Waals surface area contributed by atoms with Crippen LogP contribution in [0.3, 0.4) is 0 Å². The third-order valence-electron chi connectivity index (χ3n) is 2.77. The Balaban J connectivity index is 2.61. The van der Waals surface area contributed by atoms with Gasteiger partial charge in [0.25, 0.3) is 5.82 Å². The van der Waals surface area contributed by atoms with Crippen LogP contribution in [-0.4, -0.2) is 30.2 Å². The molecule has 0 atom stereocenters. The number of carboxylic acid groups (broad SMARTS) is 1. The summed E-state index contributed by atoms with van der Waals surface area (Å²) in [6.07, 6.45) is 0. The summed E-state index contributed by atoms with van der Waals surface area (Å²) < 4.78 is 2.41. The van der Waals surface area contributed by atoms with Crippen LogP contribution in [0, 0.1) is 0 Å². The van der Waals surface area contributed by atoms with Gasteiger partial charge in [-0.3, -0.25) is 4.57 Å². The fourth-order valence-electron chi connectivity index (χ4n) is 1.91. The number of aryl methyl sites for hydroxylation is 1. The van der Waals surface area contributed by atoms with Crippen LogP contribution in [0.25, 0.3) is 16.6 Å². The lowest BCUT2D eigenvalue weighted by Crippen LogP contribution is -2.25. The number of fused-ring (bicyclic) bond motifs is 3. The largest absolute Gasteiger partial charge is 0.475 e. The van der Waals surface area contributed by atoms with E-state index < -0.39 is 11.7 Å². The average Bonchev–Trinajstić information content (AvgIpc) is 2.81. The molecule has 0 bridgehead atoms. The molecule has 0 aliphatic rings. The van der Waals surface area contributed by atoms with E-state index >= 15 is 0 Å². The highest BCUT2D eigenvalue weighted by molar-refractivity contribution is 5.93.